The minimum Gasteiger partial charge on any atom is -0.399 e. The van der Waals surface area contributed by atoms with Crippen LogP contribution in [0.1, 0.15) is 13.3 Å². The van der Waals surface area contributed by atoms with E-state index in [2.05, 4.69) is 11.4 Å². The molecule has 1 aromatic rings. The maximum Gasteiger partial charge on any atom is 0.241 e. The van der Waals surface area contributed by atoms with Gasteiger partial charge in [-0.3, -0.25) is 9.69 Å². The Balaban J connectivity index is 2.63. The van der Waals surface area contributed by atoms with Gasteiger partial charge in [-0.1, -0.05) is 0 Å². The third-order valence-corrected chi connectivity index (χ3v) is 3.20. The van der Waals surface area contributed by atoms with Crippen LogP contribution in [0.2, 0.25) is 0 Å². The van der Waals surface area contributed by atoms with Crippen LogP contribution in [0.5, 0.6) is 0 Å². The molecule has 0 aromatic heterocycles. The summed E-state index contributed by atoms with van der Waals surface area (Å²) in [5.74, 6) is -0.117. The lowest BCUT2D eigenvalue weighted by Gasteiger charge is -2.27. The first-order valence-corrected chi connectivity index (χ1v) is 6.84. The predicted molar refractivity (Wildman–Crippen MR) is 82.6 cm³/mol. The summed E-state index contributed by atoms with van der Waals surface area (Å²) >= 11 is 0. The Morgan fingerprint density at radius 2 is 2.10 bits per heavy atom. The maximum atomic E-state index is 12.3. The molecular weight excluding hydrogens is 268 g/mol. The molecule has 3 N–H and O–H groups in total. The number of anilines is 2. The molecule has 0 spiro atoms. The van der Waals surface area contributed by atoms with Gasteiger partial charge in [0, 0.05) is 38.0 Å². The van der Waals surface area contributed by atoms with Crippen molar-refractivity contribution in [1.29, 1.82) is 5.26 Å². The summed E-state index contributed by atoms with van der Waals surface area (Å²) in [4.78, 5) is 14.2. The van der Waals surface area contributed by atoms with Crippen LogP contribution in [-0.4, -0.2) is 43.7 Å². The van der Waals surface area contributed by atoms with Crippen LogP contribution in [-0.2, 0) is 9.53 Å². The Kier molecular flexibility index (Phi) is 7.23. The molecule has 1 unspecified atom stereocenters. The average molecular weight is 290 g/mol. The van der Waals surface area contributed by atoms with Crippen molar-refractivity contribution in [3.63, 3.8) is 0 Å². The molecule has 0 aliphatic rings. The minimum atomic E-state index is -0.342. The highest BCUT2D eigenvalue weighted by molar-refractivity contribution is 5.94. The molecule has 0 saturated heterocycles. The normalized spacial score (nSPS) is 11.9. The van der Waals surface area contributed by atoms with Gasteiger partial charge in [-0.05, 0) is 31.2 Å². The monoisotopic (exact) mass is 290 g/mol. The molecule has 0 heterocycles. The van der Waals surface area contributed by atoms with Crippen LogP contribution in [0, 0.1) is 11.3 Å². The first-order valence-electron chi connectivity index (χ1n) is 6.84. The third-order valence-electron chi connectivity index (χ3n) is 3.20. The van der Waals surface area contributed by atoms with E-state index in [1.807, 2.05) is 11.8 Å². The Morgan fingerprint density at radius 3 is 2.67 bits per heavy atom. The van der Waals surface area contributed by atoms with E-state index in [4.69, 9.17) is 15.7 Å². The highest BCUT2D eigenvalue weighted by atomic mass is 16.5. The standard InChI is InChI=1S/C15H22N4O2/c1-12(19(9-3-8-16)10-11-21-2)15(20)18-14-6-4-13(17)5-7-14/h4-7,12H,3,9-11,17H2,1-2H3,(H,18,20). The Labute approximate surface area is 125 Å². The predicted octanol–water partition coefficient (Wildman–Crippen LogP) is 1.46. The van der Waals surface area contributed by atoms with E-state index in [1.54, 1.807) is 31.4 Å². The van der Waals surface area contributed by atoms with Gasteiger partial charge >= 0.3 is 0 Å². The number of hydrogen-bond acceptors (Lipinski definition) is 5. The first-order chi connectivity index (χ1) is 10.1. The number of nitriles is 1. The Bertz CT molecular complexity index is 481. The molecule has 0 aliphatic heterocycles. The largest absolute Gasteiger partial charge is 0.399 e. The summed E-state index contributed by atoms with van der Waals surface area (Å²) in [6.45, 7) is 3.48. The number of rotatable bonds is 8. The summed E-state index contributed by atoms with van der Waals surface area (Å²) in [6, 6.07) is 8.74. The molecule has 0 radical (unpaired) electrons. The summed E-state index contributed by atoms with van der Waals surface area (Å²) in [7, 11) is 1.61. The van der Waals surface area contributed by atoms with Gasteiger partial charge in [0.15, 0.2) is 0 Å². The number of nitrogens with zero attached hydrogens (tertiary/aromatic N) is 2. The zero-order chi connectivity index (χ0) is 15.7. The molecule has 6 heteroatoms. The van der Waals surface area contributed by atoms with E-state index in [9.17, 15) is 4.79 Å². The average Bonchev–Trinajstić information content (AvgIpc) is 2.49. The number of nitrogen functional groups attached to an aromatic ring is 1. The second-order valence-corrected chi connectivity index (χ2v) is 4.72. The van der Waals surface area contributed by atoms with Gasteiger partial charge in [-0.25, -0.2) is 0 Å². The number of benzene rings is 1. The molecular formula is C15H22N4O2. The second-order valence-electron chi connectivity index (χ2n) is 4.72. The van der Waals surface area contributed by atoms with Gasteiger partial charge in [0.1, 0.15) is 0 Å². The fourth-order valence-electron chi connectivity index (χ4n) is 1.88. The van der Waals surface area contributed by atoms with Crippen LogP contribution in [0.15, 0.2) is 24.3 Å². The van der Waals surface area contributed by atoms with Crippen LogP contribution < -0.4 is 11.1 Å². The molecule has 21 heavy (non-hydrogen) atoms. The summed E-state index contributed by atoms with van der Waals surface area (Å²) in [5.41, 5.74) is 6.96. The number of methoxy groups -OCH3 is 1. The van der Waals surface area contributed by atoms with Crippen molar-refractivity contribution < 1.29 is 9.53 Å². The van der Waals surface area contributed by atoms with E-state index in [-0.39, 0.29) is 11.9 Å². The van der Waals surface area contributed by atoms with Gasteiger partial charge in [0.2, 0.25) is 5.91 Å². The molecule has 1 rings (SSSR count). The minimum absolute atomic E-state index is 0.117. The lowest BCUT2D eigenvalue weighted by Crippen LogP contribution is -2.44. The lowest BCUT2D eigenvalue weighted by atomic mass is 10.2. The Hall–Kier alpha value is -2.10. The van der Waals surface area contributed by atoms with Gasteiger partial charge in [0.25, 0.3) is 0 Å². The molecule has 1 aromatic carbocycles. The van der Waals surface area contributed by atoms with Gasteiger partial charge in [0.05, 0.1) is 18.7 Å². The van der Waals surface area contributed by atoms with Crippen molar-refractivity contribution in [1.82, 2.24) is 4.90 Å². The fourth-order valence-corrected chi connectivity index (χ4v) is 1.88. The Morgan fingerprint density at radius 1 is 1.43 bits per heavy atom. The van der Waals surface area contributed by atoms with Gasteiger partial charge in [-0.2, -0.15) is 5.26 Å². The SMILES string of the molecule is COCCN(CCC#N)C(C)C(=O)Nc1ccc(N)cc1. The van der Waals surface area contributed by atoms with E-state index < -0.39 is 0 Å². The number of amides is 1. The second kappa shape index (κ2) is 8.95. The quantitative estimate of drug-likeness (QED) is 0.707. The van der Waals surface area contributed by atoms with Crippen LogP contribution in [0.4, 0.5) is 11.4 Å². The summed E-state index contributed by atoms with van der Waals surface area (Å²) < 4.78 is 5.04. The van der Waals surface area contributed by atoms with Crippen molar-refractivity contribution in [3.8, 4) is 6.07 Å². The van der Waals surface area contributed by atoms with E-state index in [0.717, 1.165) is 0 Å². The van der Waals surface area contributed by atoms with Crippen molar-refractivity contribution in [2.45, 2.75) is 19.4 Å². The highest BCUT2D eigenvalue weighted by Crippen LogP contribution is 2.12. The zero-order valence-electron chi connectivity index (χ0n) is 12.5. The molecule has 1 amide bonds. The van der Waals surface area contributed by atoms with Crippen LogP contribution in [0.25, 0.3) is 0 Å². The van der Waals surface area contributed by atoms with Crippen molar-refractivity contribution in [3.05, 3.63) is 24.3 Å². The fraction of sp³-hybridized carbons (Fsp3) is 0.467. The van der Waals surface area contributed by atoms with Crippen molar-refractivity contribution in [2.75, 3.05) is 37.9 Å². The topological polar surface area (TPSA) is 91.4 Å². The van der Waals surface area contributed by atoms with E-state index in [1.165, 1.54) is 0 Å². The maximum absolute atomic E-state index is 12.3. The summed E-state index contributed by atoms with van der Waals surface area (Å²) in [6.07, 6.45) is 0.378. The third kappa shape index (κ3) is 5.81. The highest BCUT2D eigenvalue weighted by Gasteiger charge is 2.20. The zero-order valence-corrected chi connectivity index (χ0v) is 12.5. The molecule has 0 bridgehead atoms. The number of ether oxygens (including phenoxy) is 1. The molecule has 114 valence electrons. The lowest BCUT2D eigenvalue weighted by molar-refractivity contribution is -0.121. The van der Waals surface area contributed by atoms with Gasteiger partial charge < -0.3 is 15.8 Å². The molecule has 1 atom stereocenters. The van der Waals surface area contributed by atoms with Gasteiger partial charge in [-0.15, -0.1) is 0 Å². The number of nitrogens with two attached hydrogens (primary N) is 1. The molecule has 0 saturated carbocycles. The van der Waals surface area contributed by atoms with E-state index >= 15 is 0 Å². The molecule has 6 nitrogen and oxygen atoms in total. The van der Waals surface area contributed by atoms with E-state index in [0.29, 0.717) is 37.5 Å². The first kappa shape index (κ1) is 17.0. The number of carbonyl (C=O) groups is 1. The van der Waals surface area contributed by atoms with Crippen molar-refractivity contribution >= 4 is 17.3 Å². The number of nitrogens with one attached hydrogen (secondary N) is 1. The summed E-state index contributed by atoms with van der Waals surface area (Å²) in [5, 5.41) is 11.5. The molecule has 0 aliphatic carbocycles. The smallest absolute Gasteiger partial charge is 0.241 e. The van der Waals surface area contributed by atoms with Crippen molar-refractivity contribution in [2.24, 2.45) is 0 Å². The van der Waals surface area contributed by atoms with Crippen LogP contribution in [0.3, 0.4) is 0 Å². The van der Waals surface area contributed by atoms with Crippen LogP contribution >= 0.6 is 0 Å². The molecule has 0 fully saturated rings. The number of hydrogen-bond donors (Lipinski definition) is 2. The number of carbonyl (C=O) groups excluding carboxylic acids is 1.